The fourth-order valence-corrected chi connectivity index (χ4v) is 5.99. The maximum atomic E-state index is 16.3. The van der Waals surface area contributed by atoms with E-state index in [-0.39, 0.29) is 42.0 Å². The lowest BCUT2D eigenvalue weighted by Gasteiger charge is -2.32. The van der Waals surface area contributed by atoms with Crippen LogP contribution in [0.5, 0.6) is 11.5 Å². The van der Waals surface area contributed by atoms with Crippen LogP contribution in [0.3, 0.4) is 0 Å². The van der Waals surface area contributed by atoms with Crippen molar-refractivity contribution in [3.63, 3.8) is 0 Å². The molecule has 3 heterocycles. The largest absolute Gasteiger partial charge is 0.497 e. The van der Waals surface area contributed by atoms with Gasteiger partial charge in [-0.2, -0.15) is 0 Å². The van der Waals surface area contributed by atoms with Crippen LogP contribution in [0.4, 0.5) is 15.0 Å². The number of anilines is 1. The SMILES string of the molecule is COc1ccc(CN2Cc3c(F)c(N[C@@H]4CCCC[C@@H]4NC(=O)O)nc(-c4coc5ccccc45)c3C2=O)c(OC)c1. The van der Waals surface area contributed by atoms with Gasteiger partial charge in [0.15, 0.2) is 11.6 Å². The molecule has 1 saturated carbocycles. The minimum Gasteiger partial charge on any atom is -0.497 e. The molecule has 10 nitrogen and oxygen atoms in total. The number of para-hydroxylation sites is 1. The van der Waals surface area contributed by atoms with E-state index >= 15 is 4.39 Å². The molecule has 11 heteroatoms. The highest BCUT2D eigenvalue weighted by atomic mass is 19.1. The van der Waals surface area contributed by atoms with Crippen LogP contribution in [-0.2, 0) is 13.1 Å². The third-order valence-electron chi connectivity index (χ3n) is 8.07. The van der Waals surface area contributed by atoms with E-state index in [0.29, 0.717) is 41.2 Å². The van der Waals surface area contributed by atoms with E-state index in [2.05, 4.69) is 15.6 Å². The number of hydrogen-bond donors (Lipinski definition) is 3. The van der Waals surface area contributed by atoms with E-state index in [1.54, 1.807) is 31.3 Å². The molecule has 2 atom stereocenters. The minimum absolute atomic E-state index is 0.0187. The van der Waals surface area contributed by atoms with Crippen LogP contribution in [0.25, 0.3) is 22.2 Å². The summed E-state index contributed by atoms with van der Waals surface area (Å²) in [6.07, 6.45) is 3.43. The highest BCUT2D eigenvalue weighted by molar-refractivity contribution is 6.07. The molecule has 2 aromatic carbocycles. The van der Waals surface area contributed by atoms with Gasteiger partial charge < -0.3 is 34.5 Å². The van der Waals surface area contributed by atoms with E-state index < -0.39 is 18.0 Å². The van der Waals surface area contributed by atoms with E-state index in [9.17, 15) is 14.7 Å². The van der Waals surface area contributed by atoms with Crippen molar-refractivity contribution < 1.29 is 33.0 Å². The fraction of sp³-hybridized carbons (Fsp3) is 0.323. The molecule has 2 amide bonds. The van der Waals surface area contributed by atoms with Crippen molar-refractivity contribution in [2.45, 2.75) is 50.9 Å². The summed E-state index contributed by atoms with van der Waals surface area (Å²) in [5, 5.41) is 15.8. The molecule has 0 radical (unpaired) electrons. The molecule has 0 spiro atoms. The second kappa shape index (κ2) is 11.2. The van der Waals surface area contributed by atoms with Crippen LogP contribution in [0, 0.1) is 5.82 Å². The molecule has 1 aliphatic carbocycles. The molecule has 4 aromatic rings. The van der Waals surface area contributed by atoms with Crippen molar-refractivity contribution in [3.05, 3.63) is 71.2 Å². The highest BCUT2D eigenvalue weighted by Crippen LogP contribution is 2.40. The summed E-state index contributed by atoms with van der Waals surface area (Å²) in [6.45, 7) is 0.207. The number of fused-ring (bicyclic) bond motifs is 2. The number of nitrogens with zero attached hydrogens (tertiary/aromatic N) is 2. The number of carbonyl (C=O) groups is 2. The molecule has 1 aliphatic heterocycles. The van der Waals surface area contributed by atoms with Gasteiger partial charge in [0.05, 0.1) is 38.1 Å². The quantitative estimate of drug-likeness (QED) is 0.241. The van der Waals surface area contributed by atoms with Gasteiger partial charge in [-0.15, -0.1) is 0 Å². The van der Waals surface area contributed by atoms with Crippen molar-refractivity contribution >= 4 is 28.8 Å². The summed E-state index contributed by atoms with van der Waals surface area (Å²) in [5.41, 5.74) is 2.65. The minimum atomic E-state index is -1.13. The molecule has 0 saturated heterocycles. The highest BCUT2D eigenvalue weighted by Gasteiger charge is 2.38. The molecular formula is C31H31FN4O6. The van der Waals surface area contributed by atoms with Crippen LogP contribution in [0.1, 0.15) is 47.2 Å². The Hall–Kier alpha value is -4.80. The van der Waals surface area contributed by atoms with Crippen LogP contribution in [-0.4, -0.2) is 53.3 Å². The number of aromatic nitrogens is 1. The number of carboxylic acid groups (broad SMARTS) is 1. The Balaban J connectivity index is 1.42. The summed E-state index contributed by atoms with van der Waals surface area (Å²) in [6, 6.07) is 12.0. The predicted molar refractivity (Wildman–Crippen MR) is 153 cm³/mol. The molecule has 218 valence electrons. The second-order valence-corrected chi connectivity index (χ2v) is 10.6. The Morgan fingerprint density at radius 3 is 2.69 bits per heavy atom. The summed E-state index contributed by atoms with van der Waals surface area (Å²) in [5.74, 6) is 0.164. The Morgan fingerprint density at radius 2 is 1.93 bits per heavy atom. The van der Waals surface area contributed by atoms with E-state index in [0.717, 1.165) is 23.8 Å². The first-order valence-electron chi connectivity index (χ1n) is 13.8. The number of methoxy groups -OCH3 is 2. The number of furan rings is 1. The average molecular weight is 575 g/mol. The molecule has 2 aliphatic rings. The first-order chi connectivity index (χ1) is 20.4. The van der Waals surface area contributed by atoms with Gasteiger partial charge >= 0.3 is 6.09 Å². The molecule has 0 bridgehead atoms. The zero-order valence-corrected chi connectivity index (χ0v) is 23.3. The standard InChI is InChI=1S/C31H31FN4O6/c1-40-18-12-11-17(25(13-18)41-2)14-36-15-20-26(30(36)37)28(21-16-42-24-10-6-3-7-19(21)24)35-29(27(20)32)33-22-8-4-5-9-23(22)34-31(38)39/h3,6-7,10-13,16,22-23,34H,4-5,8-9,14-15H2,1-2H3,(H,33,35)(H,38,39)/t22-,23+/m1/s1. The zero-order valence-electron chi connectivity index (χ0n) is 23.3. The molecule has 42 heavy (non-hydrogen) atoms. The Labute approximate surface area is 241 Å². The van der Waals surface area contributed by atoms with Gasteiger partial charge in [0.2, 0.25) is 0 Å². The maximum absolute atomic E-state index is 16.3. The normalized spacial score (nSPS) is 18.2. The first-order valence-corrected chi connectivity index (χ1v) is 13.8. The monoisotopic (exact) mass is 574 g/mol. The number of benzene rings is 2. The van der Waals surface area contributed by atoms with E-state index in [1.807, 2.05) is 30.3 Å². The van der Waals surface area contributed by atoms with Crippen molar-refractivity contribution in [2.24, 2.45) is 0 Å². The number of rotatable bonds is 8. The number of pyridine rings is 1. The lowest BCUT2D eigenvalue weighted by molar-refractivity contribution is 0.0765. The average Bonchev–Trinajstić information content (AvgIpc) is 3.57. The number of carbonyl (C=O) groups excluding carboxylic acids is 1. The number of nitrogens with one attached hydrogen (secondary N) is 2. The first kappa shape index (κ1) is 27.4. The zero-order chi connectivity index (χ0) is 29.4. The van der Waals surface area contributed by atoms with Gasteiger partial charge in [-0.3, -0.25) is 4.79 Å². The van der Waals surface area contributed by atoms with Gasteiger partial charge in [-0.25, -0.2) is 14.2 Å². The smallest absolute Gasteiger partial charge is 0.404 e. The van der Waals surface area contributed by atoms with Gasteiger partial charge in [-0.05, 0) is 31.0 Å². The number of amides is 2. The van der Waals surface area contributed by atoms with Gasteiger partial charge in [-0.1, -0.05) is 31.0 Å². The van der Waals surface area contributed by atoms with Gasteiger partial charge in [0, 0.05) is 40.7 Å². The summed E-state index contributed by atoms with van der Waals surface area (Å²) in [7, 11) is 3.10. The van der Waals surface area contributed by atoms with Crippen molar-refractivity contribution in [1.29, 1.82) is 0 Å². The molecule has 3 N–H and O–H groups in total. The van der Waals surface area contributed by atoms with Crippen molar-refractivity contribution in [3.8, 4) is 22.8 Å². The number of halogens is 1. The van der Waals surface area contributed by atoms with Crippen LogP contribution < -0.4 is 20.1 Å². The number of ether oxygens (including phenoxy) is 2. The number of hydrogen-bond acceptors (Lipinski definition) is 7. The second-order valence-electron chi connectivity index (χ2n) is 10.6. The lowest BCUT2D eigenvalue weighted by atomic mass is 9.90. The predicted octanol–water partition coefficient (Wildman–Crippen LogP) is 5.80. The Morgan fingerprint density at radius 1 is 1.14 bits per heavy atom. The van der Waals surface area contributed by atoms with Gasteiger partial charge in [0.25, 0.3) is 5.91 Å². The van der Waals surface area contributed by atoms with E-state index in [4.69, 9.17) is 13.9 Å². The van der Waals surface area contributed by atoms with Gasteiger partial charge in [0.1, 0.15) is 23.3 Å². The Kier molecular flexibility index (Phi) is 7.32. The third kappa shape index (κ3) is 4.95. The topological polar surface area (TPSA) is 126 Å². The maximum Gasteiger partial charge on any atom is 0.404 e. The van der Waals surface area contributed by atoms with Crippen molar-refractivity contribution in [2.75, 3.05) is 19.5 Å². The fourth-order valence-electron chi connectivity index (χ4n) is 5.99. The molecular weight excluding hydrogens is 543 g/mol. The summed E-state index contributed by atoms with van der Waals surface area (Å²) < 4.78 is 32.9. The third-order valence-corrected chi connectivity index (χ3v) is 8.07. The van der Waals surface area contributed by atoms with Crippen LogP contribution >= 0.6 is 0 Å². The van der Waals surface area contributed by atoms with Crippen LogP contribution in [0.2, 0.25) is 0 Å². The van der Waals surface area contributed by atoms with Crippen LogP contribution in [0.15, 0.2) is 53.1 Å². The lowest BCUT2D eigenvalue weighted by Crippen LogP contribution is -2.48. The Bertz CT molecular complexity index is 1670. The summed E-state index contributed by atoms with van der Waals surface area (Å²) in [4.78, 5) is 31.6. The molecule has 2 aromatic heterocycles. The molecule has 6 rings (SSSR count). The van der Waals surface area contributed by atoms with E-state index in [1.165, 1.54) is 6.26 Å². The molecule has 1 fully saturated rings. The summed E-state index contributed by atoms with van der Waals surface area (Å²) >= 11 is 0. The molecule has 0 unspecified atom stereocenters. The van der Waals surface area contributed by atoms with Crippen molar-refractivity contribution in [1.82, 2.24) is 15.2 Å².